The summed E-state index contributed by atoms with van der Waals surface area (Å²) in [6.07, 6.45) is 1.30. The first-order valence-electron chi connectivity index (χ1n) is 4.60. The topological polar surface area (TPSA) is 92.3 Å². The van der Waals surface area contributed by atoms with Crippen molar-refractivity contribution in [2.75, 3.05) is 25.1 Å². The van der Waals surface area contributed by atoms with Gasteiger partial charge in [0.2, 0.25) is 11.8 Å². The smallest absolute Gasteiger partial charge is 0.225 e. The Kier molecular flexibility index (Phi) is 3.67. The lowest BCUT2D eigenvalue weighted by molar-refractivity contribution is -0.126. The van der Waals surface area contributed by atoms with Crippen LogP contribution in [0.25, 0.3) is 0 Å². The molecule has 0 aromatic carbocycles. The summed E-state index contributed by atoms with van der Waals surface area (Å²) in [7, 11) is -3.05. The molecule has 1 heterocycles. The van der Waals surface area contributed by atoms with Gasteiger partial charge in [0.1, 0.15) is 9.84 Å². The van der Waals surface area contributed by atoms with E-state index in [-0.39, 0.29) is 36.5 Å². The van der Waals surface area contributed by atoms with E-state index in [0.717, 1.165) is 6.26 Å². The molecule has 2 amide bonds. The summed E-state index contributed by atoms with van der Waals surface area (Å²) < 4.78 is 21.5. The van der Waals surface area contributed by atoms with E-state index in [1.165, 1.54) is 0 Å². The largest absolute Gasteiger partial charge is 0.355 e. The lowest BCUT2D eigenvalue weighted by Crippen LogP contribution is -2.34. The minimum atomic E-state index is -3.05. The van der Waals surface area contributed by atoms with Gasteiger partial charge in [0, 0.05) is 25.8 Å². The Balaban J connectivity index is 2.28. The molecule has 0 aliphatic carbocycles. The molecule has 6 nitrogen and oxygen atoms in total. The molecule has 1 unspecified atom stereocenters. The van der Waals surface area contributed by atoms with Crippen molar-refractivity contribution in [3.05, 3.63) is 0 Å². The number of carbonyl (C=O) groups excluding carboxylic acids is 2. The lowest BCUT2D eigenvalue weighted by Gasteiger charge is -2.07. The average molecular weight is 234 g/mol. The number of nitrogens with one attached hydrogen (secondary N) is 2. The van der Waals surface area contributed by atoms with Crippen LogP contribution in [0.4, 0.5) is 0 Å². The van der Waals surface area contributed by atoms with E-state index in [2.05, 4.69) is 10.6 Å². The molecule has 15 heavy (non-hydrogen) atoms. The first-order chi connectivity index (χ1) is 6.88. The van der Waals surface area contributed by atoms with Crippen molar-refractivity contribution >= 4 is 21.7 Å². The molecule has 1 fully saturated rings. The van der Waals surface area contributed by atoms with Crippen molar-refractivity contribution < 1.29 is 18.0 Å². The van der Waals surface area contributed by atoms with E-state index >= 15 is 0 Å². The van der Waals surface area contributed by atoms with Gasteiger partial charge in [0.05, 0.1) is 11.7 Å². The number of hydrogen-bond acceptors (Lipinski definition) is 4. The molecule has 0 saturated carbocycles. The van der Waals surface area contributed by atoms with Crippen LogP contribution in [-0.4, -0.2) is 45.3 Å². The third-order valence-corrected chi connectivity index (χ3v) is 3.07. The van der Waals surface area contributed by atoms with Gasteiger partial charge >= 0.3 is 0 Å². The van der Waals surface area contributed by atoms with Crippen LogP contribution in [0.3, 0.4) is 0 Å². The second-order valence-electron chi connectivity index (χ2n) is 3.63. The van der Waals surface area contributed by atoms with Crippen molar-refractivity contribution in [3.63, 3.8) is 0 Å². The van der Waals surface area contributed by atoms with Gasteiger partial charge in [-0.2, -0.15) is 0 Å². The highest BCUT2D eigenvalue weighted by Crippen LogP contribution is 2.08. The van der Waals surface area contributed by atoms with Gasteiger partial charge in [0.25, 0.3) is 0 Å². The molecule has 0 bridgehead atoms. The Bertz CT molecular complexity index is 363. The first-order valence-corrected chi connectivity index (χ1v) is 6.66. The van der Waals surface area contributed by atoms with Gasteiger partial charge in [-0.3, -0.25) is 9.59 Å². The second kappa shape index (κ2) is 4.61. The van der Waals surface area contributed by atoms with Crippen LogP contribution in [0.1, 0.15) is 6.42 Å². The fourth-order valence-corrected chi connectivity index (χ4v) is 1.77. The molecule has 2 N–H and O–H groups in total. The fraction of sp³-hybridized carbons (Fsp3) is 0.750. The highest BCUT2D eigenvalue weighted by molar-refractivity contribution is 7.90. The molecule has 1 rings (SSSR count). The standard InChI is InChI=1S/C8H14N2O4S/c1-15(13,14)3-2-9-8(12)6-4-7(11)10-5-6/h6H,2-5H2,1H3,(H,9,12)(H,10,11). The Morgan fingerprint density at radius 2 is 2.27 bits per heavy atom. The van der Waals surface area contributed by atoms with E-state index in [1.54, 1.807) is 0 Å². The van der Waals surface area contributed by atoms with Crippen molar-refractivity contribution in [1.82, 2.24) is 10.6 Å². The van der Waals surface area contributed by atoms with Crippen LogP contribution in [0.15, 0.2) is 0 Å². The molecule has 0 aromatic heterocycles. The second-order valence-corrected chi connectivity index (χ2v) is 5.89. The lowest BCUT2D eigenvalue weighted by atomic mass is 10.1. The van der Waals surface area contributed by atoms with Gasteiger partial charge in [-0.1, -0.05) is 0 Å². The Hall–Kier alpha value is -1.11. The van der Waals surface area contributed by atoms with Gasteiger partial charge in [0.15, 0.2) is 0 Å². The maximum Gasteiger partial charge on any atom is 0.225 e. The predicted molar refractivity (Wildman–Crippen MR) is 53.8 cm³/mol. The number of hydrogen-bond donors (Lipinski definition) is 2. The van der Waals surface area contributed by atoms with Crippen molar-refractivity contribution in [2.45, 2.75) is 6.42 Å². The zero-order valence-electron chi connectivity index (χ0n) is 8.45. The maximum absolute atomic E-state index is 11.4. The van der Waals surface area contributed by atoms with Crippen molar-refractivity contribution in [2.24, 2.45) is 5.92 Å². The normalized spacial score (nSPS) is 21.1. The number of amides is 2. The van der Waals surface area contributed by atoms with Gasteiger partial charge in [-0.25, -0.2) is 8.42 Å². The molecule has 0 radical (unpaired) electrons. The molecule has 0 aromatic rings. The van der Waals surface area contributed by atoms with Crippen LogP contribution < -0.4 is 10.6 Å². The van der Waals surface area contributed by atoms with E-state index < -0.39 is 9.84 Å². The zero-order chi connectivity index (χ0) is 11.5. The number of carbonyl (C=O) groups is 2. The van der Waals surface area contributed by atoms with Crippen molar-refractivity contribution in [3.8, 4) is 0 Å². The molecule has 1 atom stereocenters. The molecular weight excluding hydrogens is 220 g/mol. The van der Waals surface area contributed by atoms with E-state index in [4.69, 9.17) is 0 Å². The molecule has 1 aliphatic heterocycles. The molecule has 86 valence electrons. The Morgan fingerprint density at radius 3 is 2.73 bits per heavy atom. The highest BCUT2D eigenvalue weighted by atomic mass is 32.2. The third kappa shape index (κ3) is 4.28. The molecule has 1 aliphatic rings. The minimum Gasteiger partial charge on any atom is -0.355 e. The number of sulfone groups is 1. The number of rotatable bonds is 4. The van der Waals surface area contributed by atoms with Crippen LogP contribution >= 0.6 is 0 Å². The third-order valence-electron chi connectivity index (χ3n) is 2.12. The monoisotopic (exact) mass is 234 g/mol. The summed E-state index contributed by atoms with van der Waals surface area (Å²) in [6.45, 7) is 0.436. The van der Waals surface area contributed by atoms with E-state index in [0.29, 0.717) is 6.54 Å². The summed E-state index contributed by atoms with van der Waals surface area (Å²) in [4.78, 5) is 22.2. The van der Waals surface area contributed by atoms with E-state index in [1.807, 2.05) is 0 Å². The maximum atomic E-state index is 11.4. The Labute approximate surface area is 88.3 Å². The first kappa shape index (κ1) is 12.0. The zero-order valence-corrected chi connectivity index (χ0v) is 9.26. The van der Waals surface area contributed by atoms with E-state index in [9.17, 15) is 18.0 Å². The molecule has 7 heteroatoms. The molecule has 0 spiro atoms. The summed E-state index contributed by atoms with van der Waals surface area (Å²) in [5.41, 5.74) is 0. The summed E-state index contributed by atoms with van der Waals surface area (Å²) in [6, 6.07) is 0. The summed E-state index contributed by atoms with van der Waals surface area (Å²) in [5, 5.41) is 5.03. The average Bonchev–Trinajstić information content (AvgIpc) is 2.49. The fourth-order valence-electron chi connectivity index (χ4n) is 1.29. The highest BCUT2D eigenvalue weighted by Gasteiger charge is 2.27. The Morgan fingerprint density at radius 1 is 1.60 bits per heavy atom. The van der Waals surface area contributed by atoms with Gasteiger partial charge in [-0.15, -0.1) is 0 Å². The molecular formula is C8H14N2O4S. The minimum absolute atomic E-state index is 0.0766. The van der Waals surface area contributed by atoms with Crippen LogP contribution in [0.2, 0.25) is 0 Å². The summed E-state index contributed by atoms with van der Waals surface area (Å²) in [5.74, 6) is -0.848. The van der Waals surface area contributed by atoms with Gasteiger partial charge in [-0.05, 0) is 0 Å². The van der Waals surface area contributed by atoms with Gasteiger partial charge < -0.3 is 10.6 Å². The molecule has 1 saturated heterocycles. The SMILES string of the molecule is CS(=O)(=O)CCNC(=O)C1CNC(=O)C1. The predicted octanol–water partition coefficient (Wildman–Crippen LogP) is -1.72. The summed E-state index contributed by atoms with van der Waals surface area (Å²) >= 11 is 0. The van der Waals surface area contributed by atoms with Crippen molar-refractivity contribution in [1.29, 1.82) is 0 Å². The van der Waals surface area contributed by atoms with Crippen LogP contribution in [-0.2, 0) is 19.4 Å². The quantitative estimate of drug-likeness (QED) is 0.605. The van der Waals surface area contributed by atoms with Crippen LogP contribution in [0, 0.1) is 5.92 Å². The van der Waals surface area contributed by atoms with Crippen LogP contribution in [0.5, 0.6) is 0 Å².